The Balaban J connectivity index is 1.88. The maximum Gasteiger partial charge on any atom is 0.246 e. The summed E-state index contributed by atoms with van der Waals surface area (Å²) in [6, 6.07) is 11.0. The molecule has 8 heteroatoms. The van der Waals surface area contributed by atoms with Crippen molar-refractivity contribution in [2.45, 2.75) is 37.6 Å². The van der Waals surface area contributed by atoms with Crippen LogP contribution in [0.15, 0.2) is 41.3 Å². The van der Waals surface area contributed by atoms with Gasteiger partial charge in [-0.15, -0.1) is 0 Å². The summed E-state index contributed by atoms with van der Waals surface area (Å²) in [5.74, 6) is -0.120. The van der Waals surface area contributed by atoms with Gasteiger partial charge in [0.05, 0.1) is 18.2 Å². The van der Waals surface area contributed by atoms with Gasteiger partial charge < -0.3 is 10.1 Å². The molecule has 0 amide bonds. The zero-order valence-corrected chi connectivity index (χ0v) is 17.1. The summed E-state index contributed by atoms with van der Waals surface area (Å²) in [4.78, 5) is 0.109. The summed E-state index contributed by atoms with van der Waals surface area (Å²) in [5.41, 5.74) is 1.23. The van der Waals surface area contributed by atoms with Crippen molar-refractivity contribution < 1.29 is 17.5 Å². The number of nitrogens with one attached hydrogen (secondary N) is 1. The molecule has 2 aromatic rings. The first-order valence-electron chi connectivity index (χ1n) is 9.65. The SMILES string of the molecule is CCOc1ccc(NCc2cc(C#N)ccc2F)cc1S(=O)(=O)N1CCCCC1. The zero-order valence-electron chi connectivity index (χ0n) is 16.3. The average Bonchev–Trinajstić information content (AvgIpc) is 2.74. The van der Waals surface area contributed by atoms with Gasteiger partial charge in [-0.3, -0.25) is 0 Å². The third kappa shape index (κ3) is 4.86. The van der Waals surface area contributed by atoms with E-state index in [0.29, 0.717) is 42.3 Å². The smallest absolute Gasteiger partial charge is 0.246 e. The van der Waals surface area contributed by atoms with E-state index >= 15 is 0 Å². The van der Waals surface area contributed by atoms with Crippen LogP contribution in [0.5, 0.6) is 5.75 Å². The van der Waals surface area contributed by atoms with Gasteiger partial charge in [0.1, 0.15) is 16.5 Å². The van der Waals surface area contributed by atoms with E-state index in [-0.39, 0.29) is 11.4 Å². The van der Waals surface area contributed by atoms with Crippen LogP contribution in [0, 0.1) is 17.1 Å². The molecule has 1 heterocycles. The molecular formula is C21H24FN3O3S. The molecule has 0 spiro atoms. The van der Waals surface area contributed by atoms with Crippen molar-refractivity contribution in [1.82, 2.24) is 4.31 Å². The van der Waals surface area contributed by atoms with Crippen molar-refractivity contribution in [3.8, 4) is 11.8 Å². The summed E-state index contributed by atoms with van der Waals surface area (Å²) in [6.45, 7) is 3.27. The normalized spacial score (nSPS) is 14.9. The Bertz CT molecular complexity index is 1010. The highest BCUT2D eigenvalue weighted by Gasteiger charge is 2.29. The Morgan fingerprint density at radius 1 is 1.17 bits per heavy atom. The molecule has 1 N–H and O–H groups in total. The number of nitrogens with zero attached hydrogens (tertiary/aromatic N) is 2. The number of anilines is 1. The van der Waals surface area contributed by atoms with Crippen LogP contribution in [0.3, 0.4) is 0 Å². The van der Waals surface area contributed by atoms with E-state index < -0.39 is 15.8 Å². The molecule has 6 nitrogen and oxygen atoms in total. The van der Waals surface area contributed by atoms with Gasteiger partial charge in [-0.1, -0.05) is 6.42 Å². The highest BCUT2D eigenvalue weighted by molar-refractivity contribution is 7.89. The van der Waals surface area contributed by atoms with E-state index in [2.05, 4.69) is 5.32 Å². The topological polar surface area (TPSA) is 82.4 Å². The van der Waals surface area contributed by atoms with Crippen molar-refractivity contribution in [2.24, 2.45) is 0 Å². The molecule has 29 heavy (non-hydrogen) atoms. The number of halogens is 1. The first kappa shape index (κ1) is 21.1. The Labute approximate surface area is 171 Å². The maximum absolute atomic E-state index is 14.0. The molecule has 1 aliphatic heterocycles. The molecule has 154 valence electrons. The number of piperidine rings is 1. The molecule has 0 radical (unpaired) electrons. The molecule has 0 saturated carbocycles. The molecule has 3 rings (SSSR count). The Morgan fingerprint density at radius 2 is 1.93 bits per heavy atom. The number of hydrogen-bond acceptors (Lipinski definition) is 5. The van der Waals surface area contributed by atoms with Crippen LogP contribution >= 0.6 is 0 Å². The standard InChI is InChI=1S/C21H24FN3O3S/c1-2-28-20-9-7-18(24-15-17-12-16(14-23)6-8-19(17)22)13-21(20)29(26,27)25-10-4-3-5-11-25/h6-9,12-13,24H,2-5,10-11,15H2,1H3. The largest absolute Gasteiger partial charge is 0.492 e. The fraction of sp³-hybridized carbons (Fsp3) is 0.381. The quantitative estimate of drug-likeness (QED) is 0.739. The van der Waals surface area contributed by atoms with Crippen LogP contribution < -0.4 is 10.1 Å². The van der Waals surface area contributed by atoms with Crippen LogP contribution in [-0.2, 0) is 16.6 Å². The van der Waals surface area contributed by atoms with E-state index in [1.54, 1.807) is 19.1 Å². The minimum atomic E-state index is -3.69. The van der Waals surface area contributed by atoms with Gasteiger partial charge in [-0.25, -0.2) is 12.8 Å². The van der Waals surface area contributed by atoms with Crippen molar-refractivity contribution in [1.29, 1.82) is 5.26 Å². The maximum atomic E-state index is 14.0. The fourth-order valence-corrected chi connectivity index (χ4v) is 4.99. The monoisotopic (exact) mass is 417 g/mol. The van der Waals surface area contributed by atoms with Crippen molar-refractivity contribution in [3.05, 3.63) is 53.3 Å². The summed E-state index contributed by atoms with van der Waals surface area (Å²) < 4.78 is 47.4. The summed E-state index contributed by atoms with van der Waals surface area (Å²) in [7, 11) is -3.69. The second kappa shape index (κ2) is 9.25. The van der Waals surface area contributed by atoms with Gasteiger partial charge in [-0.2, -0.15) is 9.57 Å². The third-order valence-electron chi connectivity index (χ3n) is 4.83. The van der Waals surface area contributed by atoms with Crippen LogP contribution in [0.1, 0.15) is 37.3 Å². The molecule has 0 aliphatic carbocycles. The van der Waals surface area contributed by atoms with Crippen molar-refractivity contribution >= 4 is 15.7 Å². The van der Waals surface area contributed by atoms with Gasteiger partial charge in [-0.05, 0) is 56.2 Å². The van der Waals surface area contributed by atoms with Crippen LogP contribution in [-0.4, -0.2) is 32.4 Å². The number of nitriles is 1. The summed E-state index contributed by atoms with van der Waals surface area (Å²) in [5, 5.41) is 12.0. The Kier molecular flexibility index (Phi) is 6.72. The van der Waals surface area contributed by atoms with Crippen molar-refractivity contribution in [2.75, 3.05) is 25.0 Å². The predicted octanol–water partition coefficient (Wildman–Crippen LogP) is 3.88. The van der Waals surface area contributed by atoms with E-state index in [9.17, 15) is 12.8 Å². The second-order valence-electron chi connectivity index (χ2n) is 6.83. The first-order chi connectivity index (χ1) is 14.0. The van der Waals surface area contributed by atoms with Crippen molar-refractivity contribution in [3.63, 3.8) is 0 Å². The van der Waals surface area contributed by atoms with E-state index in [1.807, 2.05) is 6.07 Å². The van der Waals surface area contributed by atoms with Crippen LogP contribution in [0.25, 0.3) is 0 Å². The van der Waals surface area contributed by atoms with Gasteiger partial charge in [0.25, 0.3) is 0 Å². The molecule has 1 fully saturated rings. The van der Waals surface area contributed by atoms with E-state index in [4.69, 9.17) is 10.00 Å². The predicted molar refractivity (Wildman–Crippen MR) is 109 cm³/mol. The lowest BCUT2D eigenvalue weighted by Gasteiger charge is -2.27. The number of ether oxygens (including phenoxy) is 1. The first-order valence-corrected chi connectivity index (χ1v) is 11.1. The highest BCUT2D eigenvalue weighted by Crippen LogP contribution is 2.31. The van der Waals surface area contributed by atoms with Crippen LogP contribution in [0.2, 0.25) is 0 Å². The molecular weight excluding hydrogens is 393 g/mol. The number of sulfonamides is 1. The summed E-state index contributed by atoms with van der Waals surface area (Å²) >= 11 is 0. The third-order valence-corrected chi connectivity index (χ3v) is 6.75. The molecule has 1 aliphatic rings. The number of hydrogen-bond donors (Lipinski definition) is 1. The molecule has 1 saturated heterocycles. The van der Waals surface area contributed by atoms with Gasteiger partial charge in [0.2, 0.25) is 10.0 Å². The molecule has 2 aromatic carbocycles. The zero-order chi connectivity index (χ0) is 20.9. The highest BCUT2D eigenvalue weighted by atomic mass is 32.2. The van der Waals surface area contributed by atoms with Crippen LogP contribution in [0.4, 0.5) is 10.1 Å². The molecule has 0 unspecified atom stereocenters. The van der Waals surface area contributed by atoms with E-state index in [0.717, 1.165) is 19.3 Å². The van der Waals surface area contributed by atoms with Gasteiger partial charge in [0, 0.05) is 30.9 Å². The lowest BCUT2D eigenvalue weighted by atomic mass is 10.1. The van der Waals surface area contributed by atoms with E-state index in [1.165, 1.54) is 28.6 Å². The van der Waals surface area contributed by atoms with Gasteiger partial charge in [0.15, 0.2) is 0 Å². The fourth-order valence-electron chi connectivity index (χ4n) is 3.32. The number of benzene rings is 2. The number of rotatable bonds is 7. The minimum Gasteiger partial charge on any atom is -0.492 e. The minimum absolute atomic E-state index is 0.109. The second-order valence-corrected chi connectivity index (χ2v) is 8.74. The lowest BCUT2D eigenvalue weighted by Crippen LogP contribution is -2.35. The average molecular weight is 418 g/mol. The molecule has 0 aromatic heterocycles. The summed E-state index contributed by atoms with van der Waals surface area (Å²) in [6.07, 6.45) is 2.71. The van der Waals surface area contributed by atoms with Gasteiger partial charge >= 0.3 is 0 Å². The molecule has 0 bridgehead atoms. The Hall–Kier alpha value is -2.63. The molecule has 0 atom stereocenters. The Morgan fingerprint density at radius 3 is 2.62 bits per heavy atom. The lowest BCUT2D eigenvalue weighted by molar-refractivity contribution is 0.323.